The second kappa shape index (κ2) is 4.21. The van der Waals surface area contributed by atoms with Crippen molar-refractivity contribution in [1.29, 1.82) is 0 Å². The van der Waals surface area contributed by atoms with Crippen molar-refractivity contribution in [2.24, 2.45) is 5.92 Å². The fourth-order valence-corrected chi connectivity index (χ4v) is 2.91. The Balaban J connectivity index is 2.47. The lowest BCUT2D eigenvalue weighted by Crippen LogP contribution is -2.20. The molecule has 3 unspecified atom stereocenters. The maximum Gasteiger partial charge on any atom is 0.0352 e. The fraction of sp³-hybridized carbons (Fsp3) is 0.600. The molecule has 0 amide bonds. The van der Waals surface area contributed by atoms with Gasteiger partial charge in [0, 0.05) is 6.04 Å². The van der Waals surface area contributed by atoms with Gasteiger partial charge in [0.15, 0.2) is 0 Å². The lowest BCUT2D eigenvalue weighted by molar-refractivity contribution is 0.402. The SMILES string of the molecule is CNC1c2cc(C(C)C)ccc2C(C)C1C. The van der Waals surface area contributed by atoms with Crippen molar-refractivity contribution in [1.82, 2.24) is 5.32 Å². The van der Waals surface area contributed by atoms with E-state index in [9.17, 15) is 0 Å². The Labute approximate surface area is 99.3 Å². The molecule has 2 rings (SSSR count). The molecule has 0 spiro atoms. The van der Waals surface area contributed by atoms with Crippen molar-refractivity contribution in [2.75, 3.05) is 7.05 Å². The number of benzene rings is 1. The van der Waals surface area contributed by atoms with Crippen LogP contribution >= 0.6 is 0 Å². The van der Waals surface area contributed by atoms with Crippen LogP contribution in [0.2, 0.25) is 0 Å². The minimum atomic E-state index is 0.531. The molecular weight excluding hydrogens is 194 g/mol. The van der Waals surface area contributed by atoms with Crippen molar-refractivity contribution >= 4 is 0 Å². The van der Waals surface area contributed by atoms with Crippen LogP contribution in [0.5, 0.6) is 0 Å². The highest BCUT2D eigenvalue weighted by Crippen LogP contribution is 2.45. The zero-order valence-electron chi connectivity index (χ0n) is 11.0. The first-order valence-corrected chi connectivity index (χ1v) is 6.37. The van der Waals surface area contributed by atoms with Crippen LogP contribution in [0.15, 0.2) is 18.2 Å². The molecular formula is C15H23N. The standard InChI is InChI=1S/C15H23N/c1-9(2)12-6-7-13-10(3)11(4)15(16-5)14(13)8-12/h6-11,15-16H,1-5H3. The Morgan fingerprint density at radius 2 is 1.81 bits per heavy atom. The Morgan fingerprint density at radius 1 is 1.12 bits per heavy atom. The van der Waals surface area contributed by atoms with Crippen LogP contribution in [0.25, 0.3) is 0 Å². The molecule has 16 heavy (non-hydrogen) atoms. The highest BCUT2D eigenvalue weighted by atomic mass is 14.9. The monoisotopic (exact) mass is 217 g/mol. The van der Waals surface area contributed by atoms with Crippen LogP contribution < -0.4 is 5.32 Å². The molecule has 3 atom stereocenters. The lowest BCUT2D eigenvalue weighted by Gasteiger charge is -2.18. The predicted octanol–water partition coefficient (Wildman–Crippen LogP) is 3.82. The summed E-state index contributed by atoms with van der Waals surface area (Å²) in [7, 11) is 2.07. The molecule has 1 N–H and O–H groups in total. The van der Waals surface area contributed by atoms with Crippen LogP contribution in [0.4, 0.5) is 0 Å². The first-order valence-electron chi connectivity index (χ1n) is 6.37. The van der Waals surface area contributed by atoms with Crippen molar-refractivity contribution in [3.63, 3.8) is 0 Å². The third-order valence-electron chi connectivity index (χ3n) is 4.23. The summed E-state index contributed by atoms with van der Waals surface area (Å²) in [5.41, 5.74) is 4.52. The van der Waals surface area contributed by atoms with Gasteiger partial charge in [-0.05, 0) is 41.5 Å². The Kier molecular flexibility index (Phi) is 3.07. The highest BCUT2D eigenvalue weighted by Gasteiger charge is 2.34. The summed E-state index contributed by atoms with van der Waals surface area (Å²) in [6, 6.07) is 7.57. The quantitative estimate of drug-likeness (QED) is 0.794. The summed E-state index contributed by atoms with van der Waals surface area (Å²) in [6.07, 6.45) is 0. The van der Waals surface area contributed by atoms with E-state index in [1.807, 2.05) is 0 Å². The molecule has 1 heteroatoms. The summed E-state index contributed by atoms with van der Waals surface area (Å²) < 4.78 is 0. The van der Waals surface area contributed by atoms with E-state index in [-0.39, 0.29) is 0 Å². The third-order valence-corrected chi connectivity index (χ3v) is 4.23. The van der Waals surface area contributed by atoms with Gasteiger partial charge in [0.2, 0.25) is 0 Å². The lowest BCUT2D eigenvalue weighted by atomic mass is 9.94. The maximum atomic E-state index is 3.47. The molecule has 0 saturated heterocycles. The normalized spacial score (nSPS) is 28.5. The zero-order valence-corrected chi connectivity index (χ0v) is 11.0. The average molecular weight is 217 g/mol. The predicted molar refractivity (Wildman–Crippen MR) is 69.9 cm³/mol. The Hall–Kier alpha value is -0.820. The van der Waals surface area contributed by atoms with Crippen LogP contribution in [-0.2, 0) is 0 Å². The molecule has 0 bridgehead atoms. The van der Waals surface area contributed by atoms with Gasteiger partial charge in [0.25, 0.3) is 0 Å². The van der Waals surface area contributed by atoms with Crippen LogP contribution in [0.3, 0.4) is 0 Å². The number of hydrogen-bond acceptors (Lipinski definition) is 1. The van der Waals surface area contributed by atoms with Crippen LogP contribution in [0.1, 0.15) is 62.3 Å². The number of nitrogens with one attached hydrogen (secondary N) is 1. The molecule has 0 aromatic heterocycles. The molecule has 1 aliphatic rings. The molecule has 1 aliphatic carbocycles. The van der Waals surface area contributed by atoms with Crippen molar-refractivity contribution < 1.29 is 0 Å². The van der Waals surface area contributed by atoms with E-state index in [2.05, 4.69) is 58.3 Å². The van der Waals surface area contributed by atoms with Gasteiger partial charge >= 0.3 is 0 Å². The molecule has 0 aliphatic heterocycles. The van der Waals surface area contributed by atoms with E-state index < -0.39 is 0 Å². The van der Waals surface area contributed by atoms with Gasteiger partial charge in [-0.2, -0.15) is 0 Å². The van der Waals surface area contributed by atoms with E-state index in [0.29, 0.717) is 23.8 Å². The molecule has 1 aromatic rings. The second-order valence-electron chi connectivity index (χ2n) is 5.46. The Morgan fingerprint density at radius 3 is 2.38 bits per heavy atom. The van der Waals surface area contributed by atoms with E-state index >= 15 is 0 Å². The average Bonchev–Trinajstić information content (AvgIpc) is 2.51. The van der Waals surface area contributed by atoms with E-state index in [1.54, 1.807) is 0 Å². The molecule has 0 heterocycles. The smallest absolute Gasteiger partial charge is 0.0352 e. The van der Waals surface area contributed by atoms with Gasteiger partial charge in [-0.15, -0.1) is 0 Å². The minimum absolute atomic E-state index is 0.531. The van der Waals surface area contributed by atoms with Gasteiger partial charge < -0.3 is 5.32 Å². The summed E-state index contributed by atoms with van der Waals surface area (Å²) in [4.78, 5) is 0. The number of rotatable bonds is 2. The highest BCUT2D eigenvalue weighted by molar-refractivity contribution is 5.42. The largest absolute Gasteiger partial charge is 0.313 e. The third kappa shape index (κ3) is 1.67. The van der Waals surface area contributed by atoms with E-state index in [0.717, 1.165) is 0 Å². The zero-order chi connectivity index (χ0) is 11.9. The van der Waals surface area contributed by atoms with E-state index in [1.165, 1.54) is 16.7 Å². The molecule has 0 saturated carbocycles. The number of fused-ring (bicyclic) bond motifs is 1. The first-order chi connectivity index (χ1) is 7.56. The number of hydrogen-bond donors (Lipinski definition) is 1. The first kappa shape index (κ1) is 11.7. The molecule has 1 nitrogen and oxygen atoms in total. The molecule has 0 fully saturated rings. The van der Waals surface area contributed by atoms with Gasteiger partial charge in [0.1, 0.15) is 0 Å². The summed E-state index contributed by atoms with van der Waals surface area (Å²) >= 11 is 0. The summed E-state index contributed by atoms with van der Waals surface area (Å²) in [5, 5.41) is 3.47. The minimum Gasteiger partial charge on any atom is -0.313 e. The van der Waals surface area contributed by atoms with Crippen molar-refractivity contribution in [3.8, 4) is 0 Å². The second-order valence-corrected chi connectivity index (χ2v) is 5.46. The van der Waals surface area contributed by atoms with E-state index in [4.69, 9.17) is 0 Å². The van der Waals surface area contributed by atoms with Gasteiger partial charge in [-0.25, -0.2) is 0 Å². The topological polar surface area (TPSA) is 12.0 Å². The van der Waals surface area contributed by atoms with Gasteiger partial charge in [-0.1, -0.05) is 45.9 Å². The Bertz CT molecular complexity index is 381. The molecule has 88 valence electrons. The van der Waals surface area contributed by atoms with Gasteiger partial charge in [0.05, 0.1) is 0 Å². The van der Waals surface area contributed by atoms with Crippen LogP contribution in [-0.4, -0.2) is 7.05 Å². The summed E-state index contributed by atoms with van der Waals surface area (Å²) in [6.45, 7) is 9.21. The fourth-order valence-electron chi connectivity index (χ4n) is 2.91. The van der Waals surface area contributed by atoms with Crippen molar-refractivity contribution in [3.05, 3.63) is 34.9 Å². The molecule has 1 aromatic carbocycles. The maximum absolute atomic E-state index is 3.47. The molecule has 0 radical (unpaired) electrons. The van der Waals surface area contributed by atoms with Crippen LogP contribution in [0, 0.1) is 5.92 Å². The van der Waals surface area contributed by atoms with Crippen molar-refractivity contribution in [2.45, 2.75) is 45.6 Å². The van der Waals surface area contributed by atoms with Gasteiger partial charge in [-0.3, -0.25) is 0 Å². The summed E-state index contributed by atoms with van der Waals surface area (Å²) in [5.74, 6) is 1.99.